The lowest BCUT2D eigenvalue weighted by Gasteiger charge is -2.45. The van der Waals surface area contributed by atoms with Gasteiger partial charge >= 0.3 is 24.5 Å². The van der Waals surface area contributed by atoms with Crippen LogP contribution >= 0.6 is 0 Å². The minimum absolute atomic E-state index is 0.0417. The summed E-state index contributed by atoms with van der Waals surface area (Å²) in [5, 5.41) is 6.41. The molecule has 2 amide bonds. The lowest BCUT2D eigenvalue weighted by Crippen LogP contribution is -2.58. The number of halogens is 6. The van der Waals surface area contributed by atoms with E-state index in [1.54, 1.807) is 31.7 Å². The highest BCUT2D eigenvalue weighted by molar-refractivity contribution is 5.70. The van der Waals surface area contributed by atoms with Gasteiger partial charge in [0.15, 0.2) is 0 Å². The predicted molar refractivity (Wildman–Crippen MR) is 134 cm³/mol. The van der Waals surface area contributed by atoms with E-state index in [0.29, 0.717) is 43.6 Å². The molecule has 3 rings (SSSR count). The van der Waals surface area contributed by atoms with Crippen molar-refractivity contribution in [3.63, 3.8) is 0 Å². The lowest BCUT2D eigenvalue weighted by atomic mass is 9.88. The monoisotopic (exact) mass is 593 g/mol. The van der Waals surface area contributed by atoms with Gasteiger partial charge in [0.2, 0.25) is 0 Å². The highest BCUT2D eigenvalue weighted by atomic mass is 19.4. The van der Waals surface area contributed by atoms with E-state index in [-0.39, 0.29) is 24.1 Å². The van der Waals surface area contributed by atoms with Crippen molar-refractivity contribution in [2.75, 3.05) is 6.61 Å². The van der Waals surface area contributed by atoms with Gasteiger partial charge in [-0.25, -0.2) is 9.59 Å². The van der Waals surface area contributed by atoms with Crippen LogP contribution in [0.3, 0.4) is 0 Å². The number of ether oxygens (including phenoxy) is 2. The number of carbonyl (C=O) groups excluding carboxylic acids is 2. The zero-order valence-corrected chi connectivity index (χ0v) is 23.1. The second kappa shape index (κ2) is 12.6. The predicted octanol–water partition coefficient (Wildman–Crippen LogP) is 6.77. The maximum absolute atomic E-state index is 13.1. The molecule has 1 aliphatic rings. The Hall–Kier alpha value is -3.45. The summed E-state index contributed by atoms with van der Waals surface area (Å²) >= 11 is 0. The summed E-state index contributed by atoms with van der Waals surface area (Å²) in [6.45, 7) is 6.71. The number of likely N-dealkylation sites (tertiary alicyclic amines) is 1. The minimum atomic E-state index is -4.97. The van der Waals surface area contributed by atoms with Crippen molar-refractivity contribution in [2.24, 2.45) is 0 Å². The smallest absolute Gasteiger partial charge is 0.416 e. The molecule has 1 fully saturated rings. The molecular formula is C27H33F6N3O5. The summed E-state index contributed by atoms with van der Waals surface area (Å²) in [5.41, 5.74) is -3.88. The Morgan fingerprint density at radius 3 is 2.15 bits per heavy atom. The van der Waals surface area contributed by atoms with E-state index in [9.17, 15) is 35.9 Å². The topological polar surface area (TPSA) is 93.9 Å². The third-order valence-corrected chi connectivity index (χ3v) is 6.50. The molecule has 0 saturated carbocycles. The fraction of sp³-hybridized carbons (Fsp3) is 0.593. The quantitative estimate of drug-likeness (QED) is 0.356. The number of alkyl carbamates (subject to hydrolysis) is 1. The number of piperidine rings is 1. The summed E-state index contributed by atoms with van der Waals surface area (Å²) in [6, 6.07) is 1.74. The van der Waals surface area contributed by atoms with E-state index in [2.05, 4.69) is 10.5 Å². The second-order valence-electron chi connectivity index (χ2n) is 10.9. The Kier molecular flexibility index (Phi) is 9.85. The third-order valence-electron chi connectivity index (χ3n) is 6.50. The largest absolute Gasteiger partial charge is 0.449 e. The van der Waals surface area contributed by atoms with Crippen LogP contribution in [0.15, 0.2) is 35.0 Å². The van der Waals surface area contributed by atoms with Crippen LogP contribution in [0.2, 0.25) is 0 Å². The van der Waals surface area contributed by atoms with E-state index in [1.807, 2.05) is 6.92 Å². The van der Waals surface area contributed by atoms with E-state index in [4.69, 9.17) is 14.0 Å². The van der Waals surface area contributed by atoms with E-state index >= 15 is 0 Å². The van der Waals surface area contributed by atoms with Crippen LogP contribution in [0, 0.1) is 0 Å². The van der Waals surface area contributed by atoms with E-state index in [0.717, 1.165) is 0 Å². The Bertz CT molecular complexity index is 1150. The number of nitrogens with zero attached hydrogens (tertiary/aromatic N) is 2. The van der Waals surface area contributed by atoms with Crippen LogP contribution in [-0.2, 0) is 34.7 Å². The van der Waals surface area contributed by atoms with Gasteiger partial charge in [-0.05, 0) is 63.8 Å². The van der Waals surface area contributed by atoms with Gasteiger partial charge in [0.05, 0.1) is 23.9 Å². The molecule has 1 saturated heterocycles. The van der Waals surface area contributed by atoms with Crippen LogP contribution in [-0.4, -0.2) is 52.6 Å². The number of alkyl halides is 6. The van der Waals surface area contributed by atoms with Gasteiger partial charge in [-0.3, -0.25) is 0 Å². The maximum Gasteiger partial charge on any atom is 0.416 e. The minimum Gasteiger partial charge on any atom is -0.449 e. The molecule has 1 aromatic heterocycles. The van der Waals surface area contributed by atoms with Crippen molar-refractivity contribution in [2.45, 2.75) is 95.9 Å². The van der Waals surface area contributed by atoms with Crippen molar-refractivity contribution in [3.8, 4) is 0 Å². The van der Waals surface area contributed by atoms with E-state index < -0.39 is 60.0 Å². The molecular weight excluding hydrogens is 560 g/mol. The SMILES string of the molecule is CCC1CC(NC(=O)OCCc2cc(C(F)(F)F)cc(C(F)(F)F)c2)CC(Cc2ccno2)N1C(=O)OC(C)(C)C. The first kappa shape index (κ1) is 32.1. The molecule has 0 spiro atoms. The molecule has 41 heavy (non-hydrogen) atoms. The summed E-state index contributed by atoms with van der Waals surface area (Å²) in [7, 11) is 0. The molecule has 0 aliphatic carbocycles. The molecule has 0 bridgehead atoms. The first-order valence-corrected chi connectivity index (χ1v) is 13.1. The highest BCUT2D eigenvalue weighted by Gasteiger charge is 2.41. The molecule has 1 aromatic carbocycles. The van der Waals surface area contributed by atoms with Crippen molar-refractivity contribution in [1.29, 1.82) is 0 Å². The van der Waals surface area contributed by atoms with Crippen LogP contribution in [0.5, 0.6) is 0 Å². The lowest BCUT2D eigenvalue weighted by molar-refractivity contribution is -0.143. The standard InChI is InChI=1S/C27H33F6N3O5/c1-5-20-13-19(14-21(15-22-6-8-34-41-22)36(20)24(38)40-25(2,3)4)35-23(37)39-9-7-16-10-17(26(28,29)30)12-18(11-16)27(31,32)33/h6,8,10-12,19-21H,5,7,9,13-15H2,1-4H3,(H,35,37). The summed E-state index contributed by atoms with van der Waals surface area (Å²) in [4.78, 5) is 27.3. The number of nitrogens with one attached hydrogen (secondary N) is 1. The fourth-order valence-electron chi connectivity index (χ4n) is 4.77. The van der Waals surface area contributed by atoms with Crippen molar-refractivity contribution in [1.82, 2.24) is 15.4 Å². The maximum atomic E-state index is 13.1. The Labute approximate surface area is 233 Å². The molecule has 2 heterocycles. The average molecular weight is 594 g/mol. The van der Waals surface area contributed by atoms with Gasteiger partial charge in [0.25, 0.3) is 0 Å². The average Bonchev–Trinajstić information content (AvgIpc) is 3.34. The summed E-state index contributed by atoms with van der Waals surface area (Å²) < 4.78 is 94.6. The number of carbonyl (C=O) groups is 2. The zero-order valence-electron chi connectivity index (χ0n) is 23.1. The Balaban J connectivity index is 1.67. The molecule has 3 atom stereocenters. The number of aromatic nitrogens is 1. The molecule has 3 unspecified atom stereocenters. The van der Waals surface area contributed by atoms with Crippen molar-refractivity contribution >= 4 is 12.2 Å². The number of hydrogen-bond acceptors (Lipinski definition) is 6. The van der Waals surface area contributed by atoms with Crippen LogP contribution in [0.25, 0.3) is 0 Å². The molecule has 0 radical (unpaired) electrons. The van der Waals surface area contributed by atoms with Crippen LogP contribution < -0.4 is 5.32 Å². The van der Waals surface area contributed by atoms with E-state index in [1.165, 1.54) is 6.20 Å². The van der Waals surface area contributed by atoms with Gasteiger partial charge in [-0.2, -0.15) is 26.3 Å². The molecule has 1 N–H and O–H groups in total. The van der Waals surface area contributed by atoms with Gasteiger partial charge in [-0.15, -0.1) is 0 Å². The molecule has 228 valence electrons. The first-order chi connectivity index (χ1) is 19.0. The van der Waals surface area contributed by atoms with Gasteiger partial charge < -0.3 is 24.2 Å². The Morgan fingerprint density at radius 1 is 1.02 bits per heavy atom. The summed E-state index contributed by atoms with van der Waals surface area (Å²) in [6.07, 6.45) is -8.66. The normalized spacial score (nSPS) is 20.0. The second-order valence-corrected chi connectivity index (χ2v) is 10.9. The van der Waals surface area contributed by atoms with Crippen molar-refractivity contribution < 1.29 is 49.9 Å². The molecule has 14 heteroatoms. The number of amides is 2. The molecule has 2 aromatic rings. The highest BCUT2D eigenvalue weighted by Crippen LogP contribution is 2.36. The summed E-state index contributed by atoms with van der Waals surface area (Å²) in [5.74, 6) is 0.529. The van der Waals surface area contributed by atoms with Crippen molar-refractivity contribution in [3.05, 3.63) is 52.9 Å². The number of benzene rings is 1. The molecule has 1 aliphatic heterocycles. The Morgan fingerprint density at radius 2 is 1.63 bits per heavy atom. The van der Waals surface area contributed by atoms with Crippen LogP contribution in [0.1, 0.15) is 69.4 Å². The fourth-order valence-corrected chi connectivity index (χ4v) is 4.77. The first-order valence-electron chi connectivity index (χ1n) is 13.1. The number of hydrogen-bond donors (Lipinski definition) is 1. The molecule has 8 nitrogen and oxygen atoms in total. The number of rotatable bonds is 7. The third kappa shape index (κ3) is 9.28. The van der Waals surface area contributed by atoms with Gasteiger partial charge in [-0.1, -0.05) is 12.1 Å². The zero-order chi connectivity index (χ0) is 30.6. The van der Waals surface area contributed by atoms with Crippen LogP contribution in [0.4, 0.5) is 35.9 Å². The van der Waals surface area contributed by atoms with Gasteiger partial charge in [0.1, 0.15) is 11.4 Å². The van der Waals surface area contributed by atoms with Gasteiger partial charge in [0, 0.05) is 37.0 Å².